The van der Waals surface area contributed by atoms with Crippen molar-refractivity contribution in [2.45, 2.75) is 6.92 Å². The predicted octanol–water partition coefficient (Wildman–Crippen LogP) is 2.94. The highest BCUT2D eigenvalue weighted by Gasteiger charge is 2.12. The zero-order valence-corrected chi connectivity index (χ0v) is 9.05. The van der Waals surface area contributed by atoms with Gasteiger partial charge in [0.2, 0.25) is 0 Å². The molecule has 0 unspecified atom stereocenters. The van der Waals surface area contributed by atoms with E-state index in [2.05, 4.69) is 20.9 Å². The fourth-order valence-corrected chi connectivity index (χ4v) is 1.91. The van der Waals surface area contributed by atoms with Gasteiger partial charge >= 0.3 is 5.97 Å². The van der Waals surface area contributed by atoms with Crippen LogP contribution in [0.1, 0.15) is 15.9 Å². The number of H-pyrrole nitrogens is 1. The highest BCUT2D eigenvalue weighted by molar-refractivity contribution is 9.10. The molecule has 0 bridgehead atoms. The van der Waals surface area contributed by atoms with Gasteiger partial charge in [-0.2, -0.15) is 0 Å². The third-order valence-corrected chi connectivity index (χ3v) is 3.24. The average molecular weight is 254 g/mol. The number of carboxylic acids is 1. The molecule has 0 spiro atoms. The van der Waals surface area contributed by atoms with Gasteiger partial charge in [0.15, 0.2) is 0 Å². The number of carbonyl (C=O) groups is 1. The number of carboxylic acid groups (broad SMARTS) is 1. The van der Waals surface area contributed by atoms with Crippen molar-refractivity contribution in [2.24, 2.45) is 0 Å². The van der Waals surface area contributed by atoms with E-state index in [4.69, 9.17) is 5.11 Å². The van der Waals surface area contributed by atoms with Crippen LogP contribution in [0.15, 0.2) is 22.8 Å². The molecule has 3 nitrogen and oxygen atoms in total. The Morgan fingerprint density at radius 2 is 2.21 bits per heavy atom. The lowest BCUT2D eigenvalue weighted by atomic mass is 10.1. The first-order chi connectivity index (χ1) is 6.61. The van der Waals surface area contributed by atoms with Gasteiger partial charge in [0, 0.05) is 16.1 Å². The van der Waals surface area contributed by atoms with Crippen LogP contribution in [0, 0.1) is 6.92 Å². The highest BCUT2D eigenvalue weighted by atomic mass is 79.9. The quantitative estimate of drug-likeness (QED) is 0.821. The van der Waals surface area contributed by atoms with Crippen molar-refractivity contribution in [2.75, 3.05) is 0 Å². The summed E-state index contributed by atoms with van der Waals surface area (Å²) in [7, 11) is 0. The summed E-state index contributed by atoms with van der Waals surface area (Å²) in [6, 6.07) is 3.71. The van der Waals surface area contributed by atoms with Crippen LogP contribution in [0.5, 0.6) is 0 Å². The molecule has 2 aromatic rings. The minimum atomic E-state index is -0.910. The van der Waals surface area contributed by atoms with Crippen molar-refractivity contribution >= 4 is 32.8 Å². The summed E-state index contributed by atoms with van der Waals surface area (Å²) in [5.41, 5.74) is 2.22. The Balaban J connectivity index is 2.83. The highest BCUT2D eigenvalue weighted by Crippen LogP contribution is 2.28. The molecule has 1 aromatic carbocycles. The summed E-state index contributed by atoms with van der Waals surface area (Å²) in [5.74, 6) is -0.910. The van der Waals surface area contributed by atoms with Gasteiger partial charge in [-0.3, -0.25) is 0 Å². The van der Waals surface area contributed by atoms with Crippen molar-refractivity contribution in [3.8, 4) is 0 Å². The lowest BCUT2D eigenvalue weighted by molar-refractivity contribution is 0.0699. The molecular formula is C10H8BrNO2. The van der Waals surface area contributed by atoms with E-state index in [0.717, 1.165) is 20.9 Å². The molecule has 0 aliphatic carbocycles. The van der Waals surface area contributed by atoms with E-state index < -0.39 is 5.97 Å². The molecule has 0 aliphatic heterocycles. The number of aromatic nitrogens is 1. The standard InChI is InChI=1S/C10H8BrNO2/c1-5-2-3-6-7(10(13)14)4-12-9(6)8(5)11/h2-4,12H,1H3,(H,13,14). The Kier molecular flexibility index (Phi) is 2.07. The summed E-state index contributed by atoms with van der Waals surface area (Å²) in [6.45, 7) is 1.96. The Bertz CT molecular complexity index is 516. The second-order valence-corrected chi connectivity index (χ2v) is 3.92. The van der Waals surface area contributed by atoms with Gasteiger partial charge < -0.3 is 10.1 Å². The number of aromatic carboxylic acids is 1. The normalized spacial score (nSPS) is 10.7. The predicted molar refractivity (Wildman–Crippen MR) is 57.7 cm³/mol. The van der Waals surface area contributed by atoms with E-state index in [1.54, 1.807) is 0 Å². The van der Waals surface area contributed by atoms with Crippen LogP contribution in [-0.4, -0.2) is 16.1 Å². The molecule has 0 saturated heterocycles. The third kappa shape index (κ3) is 1.23. The number of hydrogen-bond donors (Lipinski definition) is 2. The second-order valence-electron chi connectivity index (χ2n) is 3.13. The first-order valence-corrected chi connectivity index (χ1v) is 4.90. The summed E-state index contributed by atoms with van der Waals surface area (Å²) in [5, 5.41) is 9.63. The van der Waals surface area contributed by atoms with E-state index in [1.165, 1.54) is 6.20 Å². The van der Waals surface area contributed by atoms with Gasteiger partial charge in [0.25, 0.3) is 0 Å². The first kappa shape index (κ1) is 9.27. The smallest absolute Gasteiger partial charge is 0.337 e. The molecule has 0 atom stereocenters. The van der Waals surface area contributed by atoms with Gasteiger partial charge in [-0.15, -0.1) is 0 Å². The summed E-state index contributed by atoms with van der Waals surface area (Å²) < 4.78 is 0.919. The van der Waals surface area contributed by atoms with Crippen LogP contribution in [-0.2, 0) is 0 Å². The van der Waals surface area contributed by atoms with E-state index in [-0.39, 0.29) is 0 Å². The maximum atomic E-state index is 10.8. The van der Waals surface area contributed by atoms with Crippen molar-refractivity contribution in [1.29, 1.82) is 0 Å². The molecule has 0 amide bonds. The Morgan fingerprint density at radius 3 is 2.86 bits per heavy atom. The van der Waals surface area contributed by atoms with E-state index in [1.807, 2.05) is 19.1 Å². The number of rotatable bonds is 1. The fraction of sp³-hybridized carbons (Fsp3) is 0.100. The summed E-state index contributed by atoms with van der Waals surface area (Å²) in [4.78, 5) is 13.8. The molecule has 0 saturated carbocycles. The minimum Gasteiger partial charge on any atom is -0.478 e. The number of aryl methyl sites for hydroxylation is 1. The SMILES string of the molecule is Cc1ccc2c(C(=O)O)c[nH]c2c1Br. The molecule has 0 radical (unpaired) electrons. The molecule has 72 valence electrons. The molecule has 1 aromatic heterocycles. The topological polar surface area (TPSA) is 53.1 Å². The number of fused-ring (bicyclic) bond motifs is 1. The largest absolute Gasteiger partial charge is 0.478 e. The Morgan fingerprint density at radius 1 is 1.50 bits per heavy atom. The lowest BCUT2D eigenvalue weighted by Crippen LogP contribution is -1.93. The van der Waals surface area contributed by atoms with E-state index in [9.17, 15) is 4.79 Å². The molecular weight excluding hydrogens is 246 g/mol. The number of benzene rings is 1. The average Bonchev–Trinajstić information content (AvgIpc) is 2.55. The van der Waals surface area contributed by atoms with Crippen LogP contribution in [0.2, 0.25) is 0 Å². The van der Waals surface area contributed by atoms with Crippen LogP contribution >= 0.6 is 15.9 Å². The van der Waals surface area contributed by atoms with Gasteiger partial charge in [0.05, 0.1) is 11.1 Å². The van der Waals surface area contributed by atoms with Crippen LogP contribution in [0.4, 0.5) is 0 Å². The molecule has 14 heavy (non-hydrogen) atoms. The third-order valence-electron chi connectivity index (χ3n) is 2.22. The summed E-state index contributed by atoms with van der Waals surface area (Å²) in [6.07, 6.45) is 1.51. The van der Waals surface area contributed by atoms with Crippen LogP contribution in [0.3, 0.4) is 0 Å². The monoisotopic (exact) mass is 253 g/mol. The zero-order chi connectivity index (χ0) is 10.3. The maximum absolute atomic E-state index is 10.8. The van der Waals surface area contributed by atoms with Gasteiger partial charge in [-0.05, 0) is 28.4 Å². The van der Waals surface area contributed by atoms with Crippen molar-refractivity contribution in [3.63, 3.8) is 0 Å². The van der Waals surface area contributed by atoms with Gasteiger partial charge in [0.1, 0.15) is 0 Å². The molecule has 2 rings (SSSR count). The van der Waals surface area contributed by atoms with Gasteiger partial charge in [-0.1, -0.05) is 12.1 Å². The second kappa shape index (κ2) is 3.13. The fourth-order valence-electron chi connectivity index (χ4n) is 1.44. The number of halogens is 1. The minimum absolute atomic E-state index is 0.306. The Labute approximate surface area is 88.9 Å². The number of hydrogen-bond acceptors (Lipinski definition) is 1. The number of aromatic amines is 1. The van der Waals surface area contributed by atoms with Crippen LogP contribution < -0.4 is 0 Å². The lowest BCUT2D eigenvalue weighted by Gasteiger charge is -1.99. The van der Waals surface area contributed by atoms with E-state index >= 15 is 0 Å². The van der Waals surface area contributed by atoms with Crippen molar-refractivity contribution in [1.82, 2.24) is 4.98 Å². The van der Waals surface area contributed by atoms with Gasteiger partial charge in [-0.25, -0.2) is 4.79 Å². The van der Waals surface area contributed by atoms with Crippen molar-refractivity contribution < 1.29 is 9.90 Å². The summed E-state index contributed by atoms with van der Waals surface area (Å²) >= 11 is 3.42. The molecule has 2 N–H and O–H groups in total. The van der Waals surface area contributed by atoms with E-state index in [0.29, 0.717) is 5.56 Å². The molecule has 0 fully saturated rings. The molecule has 1 heterocycles. The number of nitrogens with one attached hydrogen (secondary N) is 1. The zero-order valence-electron chi connectivity index (χ0n) is 7.47. The first-order valence-electron chi connectivity index (χ1n) is 4.10. The maximum Gasteiger partial charge on any atom is 0.337 e. The van der Waals surface area contributed by atoms with Crippen molar-refractivity contribution in [3.05, 3.63) is 33.9 Å². The molecule has 4 heteroatoms. The Hall–Kier alpha value is -1.29. The molecule has 0 aliphatic rings. The van der Waals surface area contributed by atoms with Crippen LogP contribution in [0.25, 0.3) is 10.9 Å².